The molecule has 0 unspecified atom stereocenters. The van der Waals surface area contributed by atoms with E-state index in [-0.39, 0.29) is 29.7 Å². The van der Waals surface area contributed by atoms with Gasteiger partial charge in [0.25, 0.3) is 11.8 Å². The standard InChI is InChI=1S/C28H33N3O6S2/c1-35-22-11-17(2-3-21(22)37-16-24(32)30-4-6-36-7-5-30)12-23-25(33)31(27(38)39-23)29-26(34)28-13-18-8-19(14-28)10-20(9-18)15-28/h2-3,11-12,18-20H,4-10,13-16H2,1H3,(H,29,34)/b23-12-. The Morgan fingerprint density at radius 1 is 1.13 bits per heavy atom. The van der Waals surface area contributed by atoms with Crippen molar-refractivity contribution < 1.29 is 28.6 Å². The number of rotatable bonds is 7. The first-order valence-electron chi connectivity index (χ1n) is 13.6. The number of hydrazine groups is 1. The lowest BCUT2D eigenvalue weighted by molar-refractivity contribution is -0.152. The zero-order valence-corrected chi connectivity index (χ0v) is 23.6. The summed E-state index contributed by atoms with van der Waals surface area (Å²) in [5.74, 6) is 2.28. The van der Waals surface area contributed by atoms with Crippen LogP contribution >= 0.6 is 24.0 Å². The van der Waals surface area contributed by atoms with Crippen molar-refractivity contribution in [2.75, 3.05) is 40.0 Å². The highest BCUT2D eigenvalue weighted by atomic mass is 32.2. The molecule has 2 aliphatic heterocycles. The number of hydrogen-bond acceptors (Lipinski definition) is 8. The monoisotopic (exact) mass is 571 g/mol. The minimum absolute atomic E-state index is 0.0612. The normalized spacial score (nSPS) is 30.7. The average Bonchev–Trinajstić information content (AvgIpc) is 3.19. The molecule has 39 heavy (non-hydrogen) atoms. The predicted octanol–water partition coefficient (Wildman–Crippen LogP) is 3.38. The molecule has 6 aliphatic rings. The van der Waals surface area contributed by atoms with Crippen LogP contribution in [0.25, 0.3) is 6.08 Å². The maximum Gasteiger partial charge on any atom is 0.285 e. The number of benzene rings is 1. The molecule has 0 aromatic heterocycles. The number of amides is 3. The van der Waals surface area contributed by atoms with Gasteiger partial charge in [-0.15, -0.1) is 0 Å². The molecule has 0 spiro atoms. The van der Waals surface area contributed by atoms with Gasteiger partial charge in [0.1, 0.15) is 0 Å². The Hall–Kier alpha value is -2.63. The van der Waals surface area contributed by atoms with E-state index in [9.17, 15) is 14.4 Å². The van der Waals surface area contributed by atoms with E-state index in [1.165, 1.54) is 43.1 Å². The molecule has 7 rings (SSSR count). The van der Waals surface area contributed by atoms with E-state index in [1.54, 1.807) is 29.2 Å². The van der Waals surface area contributed by atoms with Crippen molar-refractivity contribution in [2.24, 2.45) is 23.2 Å². The summed E-state index contributed by atoms with van der Waals surface area (Å²) in [7, 11) is 1.52. The number of thioether (sulfide) groups is 1. The second-order valence-corrected chi connectivity index (χ2v) is 13.0. The van der Waals surface area contributed by atoms with Gasteiger partial charge in [-0.05, 0) is 92.3 Å². The summed E-state index contributed by atoms with van der Waals surface area (Å²) in [5, 5.41) is 1.23. The van der Waals surface area contributed by atoms with Crippen molar-refractivity contribution in [2.45, 2.75) is 38.5 Å². The van der Waals surface area contributed by atoms with Gasteiger partial charge in [-0.3, -0.25) is 19.8 Å². The summed E-state index contributed by atoms with van der Waals surface area (Å²) in [6, 6.07) is 5.25. The molecule has 4 saturated carbocycles. The van der Waals surface area contributed by atoms with Crippen LogP contribution in [0.5, 0.6) is 11.5 Å². The Morgan fingerprint density at radius 2 is 1.79 bits per heavy atom. The predicted molar refractivity (Wildman–Crippen MR) is 150 cm³/mol. The molecule has 0 radical (unpaired) electrons. The van der Waals surface area contributed by atoms with Crippen LogP contribution in [0, 0.1) is 23.2 Å². The van der Waals surface area contributed by atoms with Gasteiger partial charge in [-0.25, -0.2) is 0 Å². The van der Waals surface area contributed by atoms with Gasteiger partial charge in [-0.2, -0.15) is 5.01 Å². The van der Waals surface area contributed by atoms with Crippen LogP contribution in [0.4, 0.5) is 0 Å². The second-order valence-electron chi connectivity index (χ2n) is 11.3. The van der Waals surface area contributed by atoms with Crippen LogP contribution in [0.3, 0.4) is 0 Å². The summed E-state index contributed by atoms with van der Waals surface area (Å²) in [6.07, 6.45) is 8.21. The Morgan fingerprint density at radius 3 is 2.44 bits per heavy atom. The molecule has 1 N–H and O–H groups in total. The smallest absolute Gasteiger partial charge is 0.285 e. The van der Waals surface area contributed by atoms with E-state index in [2.05, 4.69) is 5.43 Å². The van der Waals surface area contributed by atoms with E-state index >= 15 is 0 Å². The summed E-state index contributed by atoms with van der Waals surface area (Å²) < 4.78 is 16.8. The van der Waals surface area contributed by atoms with Crippen LogP contribution < -0.4 is 14.9 Å². The number of thiocarbonyl (C=S) groups is 1. The van der Waals surface area contributed by atoms with Gasteiger partial charge < -0.3 is 19.1 Å². The van der Waals surface area contributed by atoms with Crippen LogP contribution in [-0.4, -0.2) is 72.0 Å². The molecule has 2 saturated heterocycles. The zero-order chi connectivity index (χ0) is 27.1. The number of methoxy groups -OCH3 is 1. The fourth-order valence-electron chi connectivity index (χ4n) is 7.26. The van der Waals surface area contributed by atoms with Crippen molar-refractivity contribution in [3.8, 4) is 11.5 Å². The van der Waals surface area contributed by atoms with Gasteiger partial charge in [0.15, 0.2) is 22.4 Å². The quantitative estimate of drug-likeness (QED) is 0.393. The molecule has 208 valence electrons. The maximum absolute atomic E-state index is 13.5. The Kier molecular flexibility index (Phi) is 7.32. The number of hydrogen-bond donors (Lipinski definition) is 1. The van der Waals surface area contributed by atoms with Gasteiger partial charge in [0.2, 0.25) is 5.91 Å². The van der Waals surface area contributed by atoms with Crippen LogP contribution in [-0.2, 0) is 19.1 Å². The lowest BCUT2D eigenvalue weighted by Crippen LogP contribution is -2.57. The molecule has 6 fully saturated rings. The maximum atomic E-state index is 13.5. The highest BCUT2D eigenvalue weighted by molar-refractivity contribution is 8.26. The molecule has 1 aromatic carbocycles. The minimum Gasteiger partial charge on any atom is -0.493 e. The molecule has 3 amide bonds. The SMILES string of the molecule is COc1cc(/C=C2\SC(=S)N(NC(=O)C34CC5CC(CC(C5)C3)C4)C2=O)ccc1OCC(=O)N1CCOCC1. The van der Waals surface area contributed by atoms with E-state index in [0.29, 0.717) is 70.3 Å². The van der Waals surface area contributed by atoms with E-state index in [0.717, 1.165) is 19.3 Å². The molecule has 0 atom stereocenters. The molecule has 1 aromatic rings. The highest BCUT2D eigenvalue weighted by Crippen LogP contribution is 2.60. The molecule has 4 aliphatic carbocycles. The first-order valence-corrected chi connectivity index (χ1v) is 14.8. The molecular weight excluding hydrogens is 538 g/mol. The number of carbonyl (C=O) groups excluding carboxylic acids is 3. The third-order valence-corrected chi connectivity index (χ3v) is 10.0. The summed E-state index contributed by atoms with van der Waals surface area (Å²) in [5.41, 5.74) is 3.24. The molecule has 2 heterocycles. The van der Waals surface area contributed by atoms with Crippen molar-refractivity contribution in [3.63, 3.8) is 0 Å². The van der Waals surface area contributed by atoms with Gasteiger partial charge >= 0.3 is 0 Å². The summed E-state index contributed by atoms with van der Waals surface area (Å²) in [6.45, 7) is 2.07. The highest BCUT2D eigenvalue weighted by Gasteiger charge is 2.55. The van der Waals surface area contributed by atoms with Crippen LogP contribution in [0.1, 0.15) is 44.1 Å². The number of ether oxygens (including phenoxy) is 3. The van der Waals surface area contributed by atoms with Crippen molar-refractivity contribution in [3.05, 3.63) is 28.7 Å². The third kappa shape index (κ3) is 5.28. The van der Waals surface area contributed by atoms with E-state index < -0.39 is 0 Å². The van der Waals surface area contributed by atoms with Crippen LogP contribution in [0.15, 0.2) is 23.1 Å². The number of carbonyl (C=O) groups is 3. The fourth-order valence-corrected chi connectivity index (χ4v) is 8.44. The van der Waals surface area contributed by atoms with E-state index in [1.807, 2.05) is 0 Å². The number of nitrogens with one attached hydrogen (secondary N) is 1. The van der Waals surface area contributed by atoms with Crippen molar-refractivity contribution in [1.82, 2.24) is 15.3 Å². The lowest BCUT2D eigenvalue weighted by Gasteiger charge is -2.55. The minimum atomic E-state index is -0.367. The Bertz CT molecular complexity index is 1190. The first kappa shape index (κ1) is 26.6. The molecule has 9 nitrogen and oxygen atoms in total. The summed E-state index contributed by atoms with van der Waals surface area (Å²) in [4.78, 5) is 41.3. The first-order chi connectivity index (χ1) is 18.8. The van der Waals surface area contributed by atoms with Crippen LogP contribution in [0.2, 0.25) is 0 Å². The second kappa shape index (κ2) is 10.7. The van der Waals surface area contributed by atoms with E-state index in [4.69, 9.17) is 26.4 Å². The topological polar surface area (TPSA) is 97.4 Å². The van der Waals surface area contributed by atoms with Crippen molar-refractivity contribution in [1.29, 1.82) is 0 Å². The largest absolute Gasteiger partial charge is 0.493 e. The van der Waals surface area contributed by atoms with Gasteiger partial charge in [0.05, 0.1) is 30.6 Å². The Balaban J connectivity index is 1.11. The average molecular weight is 572 g/mol. The summed E-state index contributed by atoms with van der Waals surface area (Å²) >= 11 is 6.64. The molecule has 4 bridgehead atoms. The third-order valence-electron chi connectivity index (χ3n) is 8.73. The van der Waals surface area contributed by atoms with Gasteiger partial charge in [-0.1, -0.05) is 17.8 Å². The fraction of sp³-hybridized carbons (Fsp3) is 0.571. The number of morpholine rings is 1. The Labute approximate surface area is 237 Å². The number of nitrogens with zero attached hydrogens (tertiary/aromatic N) is 2. The van der Waals surface area contributed by atoms with Crippen molar-refractivity contribution >= 4 is 52.1 Å². The zero-order valence-electron chi connectivity index (χ0n) is 22.0. The van der Waals surface area contributed by atoms with Gasteiger partial charge in [0, 0.05) is 13.1 Å². The molecular formula is C28H33N3O6S2. The lowest BCUT2D eigenvalue weighted by atomic mass is 9.49. The molecule has 11 heteroatoms.